The molecule has 1 N–H and O–H groups in total. The van der Waals surface area contributed by atoms with Crippen LogP contribution in [-0.2, 0) is 6.42 Å². The second kappa shape index (κ2) is 6.45. The Morgan fingerprint density at radius 3 is 2.95 bits per heavy atom. The van der Waals surface area contributed by atoms with Crippen LogP contribution in [0.2, 0.25) is 0 Å². The Balaban J connectivity index is 1.70. The predicted octanol–water partition coefficient (Wildman–Crippen LogP) is 4.95. The van der Waals surface area contributed by atoms with E-state index >= 15 is 0 Å². The van der Waals surface area contributed by atoms with Crippen LogP contribution in [0.4, 0.5) is 0 Å². The van der Waals surface area contributed by atoms with E-state index in [9.17, 15) is 5.11 Å². The molecule has 2 unspecified atom stereocenters. The Morgan fingerprint density at radius 1 is 1.29 bits per heavy atom. The Kier molecular flexibility index (Phi) is 4.60. The van der Waals surface area contributed by atoms with Gasteiger partial charge in [-0.2, -0.15) is 0 Å². The number of rotatable bonds is 4. The Morgan fingerprint density at radius 2 is 2.14 bits per heavy atom. The van der Waals surface area contributed by atoms with E-state index in [2.05, 4.69) is 25.1 Å². The molecular formula is C18H25NOS. The molecule has 0 amide bonds. The fourth-order valence-corrected chi connectivity index (χ4v) is 4.72. The number of thiazole rings is 1. The van der Waals surface area contributed by atoms with Gasteiger partial charge in [-0.15, -0.1) is 11.3 Å². The van der Waals surface area contributed by atoms with E-state index in [0.29, 0.717) is 0 Å². The molecule has 1 fully saturated rings. The van der Waals surface area contributed by atoms with Crippen LogP contribution in [-0.4, -0.2) is 15.7 Å². The smallest absolute Gasteiger partial charge is 0.0967 e. The summed E-state index contributed by atoms with van der Waals surface area (Å²) < 4.78 is 1.23. The summed E-state index contributed by atoms with van der Waals surface area (Å²) in [6, 6.07) is 8.26. The van der Waals surface area contributed by atoms with Gasteiger partial charge in [-0.25, -0.2) is 4.98 Å². The minimum absolute atomic E-state index is 0.531. The number of fused-ring (bicyclic) bond motifs is 1. The van der Waals surface area contributed by atoms with Crippen molar-refractivity contribution in [1.29, 1.82) is 0 Å². The standard InChI is InChI=1S/C18H25NOS/c1-2-6-14-7-5-11-18(20,12-10-14)13-17-19-15-8-3-4-9-16(15)21-17/h3-4,8-9,14,20H,2,5-7,10-13H2,1H3. The highest BCUT2D eigenvalue weighted by Crippen LogP contribution is 2.36. The number of nitrogens with zero attached hydrogens (tertiary/aromatic N) is 1. The van der Waals surface area contributed by atoms with Crippen molar-refractivity contribution >= 4 is 21.6 Å². The van der Waals surface area contributed by atoms with Crippen LogP contribution < -0.4 is 0 Å². The fourth-order valence-electron chi connectivity index (χ4n) is 3.61. The van der Waals surface area contributed by atoms with Crippen LogP contribution in [0.15, 0.2) is 24.3 Å². The van der Waals surface area contributed by atoms with Gasteiger partial charge in [0.1, 0.15) is 0 Å². The van der Waals surface area contributed by atoms with E-state index in [1.807, 2.05) is 6.07 Å². The van der Waals surface area contributed by atoms with Gasteiger partial charge >= 0.3 is 0 Å². The maximum atomic E-state index is 11.0. The molecule has 21 heavy (non-hydrogen) atoms. The van der Waals surface area contributed by atoms with Crippen molar-refractivity contribution in [1.82, 2.24) is 4.98 Å². The normalized spacial score (nSPS) is 26.9. The number of aromatic nitrogens is 1. The first-order chi connectivity index (χ1) is 10.2. The number of para-hydroxylation sites is 1. The van der Waals surface area contributed by atoms with Gasteiger partial charge in [0, 0.05) is 6.42 Å². The highest BCUT2D eigenvalue weighted by atomic mass is 32.1. The van der Waals surface area contributed by atoms with Crippen molar-refractivity contribution < 1.29 is 5.11 Å². The van der Waals surface area contributed by atoms with E-state index in [-0.39, 0.29) is 0 Å². The van der Waals surface area contributed by atoms with E-state index in [4.69, 9.17) is 4.98 Å². The van der Waals surface area contributed by atoms with Gasteiger partial charge in [0.15, 0.2) is 0 Å². The van der Waals surface area contributed by atoms with Crippen LogP contribution in [0.25, 0.3) is 10.2 Å². The highest BCUT2D eigenvalue weighted by Gasteiger charge is 2.31. The van der Waals surface area contributed by atoms with Crippen molar-refractivity contribution in [3.8, 4) is 0 Å². The lowest BCUT2D eigenvalue weighted by molar-refractivity contribution is 0.0241. The molecule has 0 radical (unpaired) electrons. The lowest BCUT2D eigenvalue weighted by Gasteiger charge is -2.25. The molecule has 2 nitrogen and oxygen atoms in total. The summed E-state index contributed by atoms with van der Waals surface area (Å²) in [5.41, 5.74) is 0.537. The highest BCUT2D eigenvalue weighted by molar-refractivity contribution is 7.18. The summed E-state index contributed by atoms with van der Waals surface area (Å²) in [7, 11) is 0. The second-order valence-corrected chi connectivity index (χ2v) is 7.68. The van der Waals surface area contributed by atoms with Crippen molar-refractivity contribution in [3.05, 3.63) is 29.3 Å². The van der Waals surface area contributed by atoms with Gasteiger partial charge in [-0.1, -0.05) is 44.7 Å². The zero-order valence-corrected chi connectivity index (χ0v) is 13.7. The van der Waals surface area contributed by atoms with Crippen LogP contribution in [0.3, 0.4) is 0 Å². The molecule has 3 heteroatoms. The molecule has 3 rings (SSSR count). The molecular weight excluding hydrogens is 278 g/mol. The van der Waals surface area contributed by atoms with Crippen molar-refractivity contribution in [2.75, 3.05) is 0 Å². The number of aliphatic hydroxyl groups is 1. The zero-order chi connectivity index (χ0) is 14.7. The molecule has 1 heterocycles. The zero-order valence-electron chi connectivity index (χ0n) is 12.8. The maximum absolute atomic E-state index is 11.0. The molecule has 1 aromatic carbocycles. The third-order valence-electron chi connectivity index (χ3n) is 4.79. The quantitative estimate of drug-likeness (QED) is 0.811. The summed E-state index contributed by atoms with van der Waals surface area (Å²) in [5, 5.41) is 12.1. The molecule has 1 aliphatic carbocycles. The van der Waals surface area contributed by atoms with E-state index in [1.165, 1.54) is 30.4 Å². The van der Waals surface area contributed by atoms with Crippen molar-refractivity contribution in [2.24, 2.45) is 5.92 Å². The first-order valence-corrected chi connectivity index (χ1v) is 9.07. The SMILES string of the molecule is CCCC1CCCC(O)(Cc2nc3ccccc3s2)CC1. The summed E-state index contributed by atoms with van der Waals surface area (Å²) in [6.07, 6.45) is 8.80. The molecule has 1 aromatic heterocycles. The number of hydrogen-bond donors (Lipinski definition) is 1. The molecule has 2 aromatic rings. The van der Waals surface area contributed by atoms with Gasteiger partial charge in [-0.3, -0.25) is 0 Å². The summed E-state index contributed by atoms with van der Waals surface area (Å²) in [6.45, 7) is 2.26. The second-order valence-electron chi connectivity index (χ2n) is 6.56. The first-order valence-electron chi connectivity index (χ1n) is 8.25. The predicted molar refractivity (Wildman–Crippen MR) is 89.8 cm³/mol. The van der Waals surface area contributed by atoms with Crippen LogP contribution in [0, 0.1) is 5.92 Å². The van der Waals surface area contributed by atoms with Crippen LogP contribution in [0.1, 0.15) is 56.9 Å². The Labute approximate surface area is 131 Å². The summed E-state index contributed by atoms with van der Waals surface area (Å²) in [4.78, 5) is 4.70. The van der Waals surface area contributed by atoms with Crippen LogP contribution in [0.5, 0.6) is 0 Å². The molecule has 2 atom stereocenters. The molecule has 1 saturated carbocycles. The Bertz CT molecular complexity index is 561. The third kappa shape index (κ3) is 3.64. The topological polar surface area (TPSA) is 33.1 Å². The summed E-state index contributed by atoms with van der Waals surface area (Å²) >= 11 is 1.74. The molecule has 0 aliphatic heterocycles. The average molecular weight is 303 g/mol. The molecule has 1 aliphatic rings. The summed E-state index contributed by atoms with van der Waals surface area (Å²) in [5.74, 6) is 0.819. The molecule has 114 valence electrons. The monoisotopic (exact) mass is 303 g/mol. The van der Waals surface area contributed by atoms with Gasteiger partial charge in [0.05, 0.1) is 20.8 Å². The van der Waals surface area contributed by atoms with E-state index in [1.54, 1.807) is 11.3 Å². The maximum Gasteiger partial charge on any atom is 0.0967 e. The lowest BCUT2D eigenvalue weighted by Crippen LogP contribution is -2.30. The van der Waals surface area contributed by atoms with Gasteiger partial charge in [0.2, 0.25) is 0 Å². The fraction of sp³-hybridized carbons (Fsp3) is 0.611. The molecule has 0 spiro atoms. The van der Waals surface area contributed by atoms with Gasteiger partial charge in [0.25, 0.3) is 0 Å². The number of hydrogen-bond acceptors (Lipinski definition) is 3. The van der Waals surface area contributed by atoms with Crippen molar-refractivity contribution in [3.63, 3.8) is 0 Å². The van der Waals surface area contributed by atoms with Gasteiger partial charge < -0.3 is 5.11 Å². The van der Waals surface area contributed by atoms with E-state index < -0.39 is 5.60 Å². The molecule has 0 bridgehead atoms. The van der Waals surface area contributed by atoms with Crippen LogP contribution >= 0.6 is 11.3 Å². The van der Waals surface area contributed by atoms with E-state index in [0.717, 1.165) is 42.1 Å². The molecule has 0 saturated heterocycles. The third-order valence-corrected chi connectivity index (χ3v) is 5.82. The average Bonchev–Trinajstić information content (AvgIpc) is 2.77. The number of benzene rings is 1. The minimum Gasteiger partial charge on any atom is -0.389 e. The lowest BCUT2D eigenvalue weighted by atomic mass is 9.90. The van der Waals surface area contributed by atoms with Crippen molar-refractivity contribution in [2.45, 2.75) is 63.9 Å². The largest absolute Gasteiger partial charge is 0.389 e. The Hall–Kier alpha value is -0.930. The van der Waals surface area contributed by atoms with Gasteiger partial charge in [-0.05, 0) is 37.3 Å². The first kappa shape index (κ1) is 15.0. The minimum atomic E-state index is -0.531.